The molecule has 2 nitrogen and oxygen atoms in total. The summed E-state index contributed by atoms with van der Waals surface area (Å²) in [6.07, 6.45) is 0. The molecular formula is C16H19ClN2S2. The van der Waals surface area contributed by atoms with Crippen molar-refractivity contribution in [3.63, 3.8) is 0 Å². The van der Waals surface area contributed by atoms with Gasteiger partial charge in [0.15, 0.2) is 0 Å². The molecule has 5 heteroatoms. The zero-order valence-electron chi connectivity index (χ0n) is 12.1. The third-order valence-corrected chi connectivity index (χ3v) is 6.16. The van der Waals surface area contributed by atoms with Crippen LogP contribution in [0.2, 0.25) is 0 Å². The normalized spacial score (nSPS) is 19.8. The van der Waals surface area contributed by atoms with Crippen molar-refractivity contribution in [1.29, 1.82) is 0 Å². The van der Waals surface area contributed by atoms with Crippen molar-refractivity contribution >= 4 is 34.7 Å². The average molecular weight is 339 g/mol. The van der Waals surface area contributed by atoms with Gasteiger partial charge in [0.25, 0.3) is 0 Å². The molecular weight excluding hydrogens is 320 g/mol. The van der Waals surface area contributed by atoms with Crippen LogP contribution in [0.3, 0.4) is 0 Å². The highest BCUT2D eigenvalue weighted by molar-refractivity contribution is 7.99. The Hall–Kier alpha value is -0.550. The highest BCUT2D eigenvalue weighted by Crippen LogP contribution is 2.26. The van der Waals surface area contributed by atoms with Gasteiger partial charge in [-0.25, -0.2) is 4.98 Å². The van der Waals surface area contributed by atoms with Gasteiger partial charge in [-0.3, -0.25) is 4.90 Å². The highest BCUT2D eigenvalue weighted by atomic mass is 35.5. The van der Waals surface area contributed by atoms with Crippen LogP contribution >= 0.6 is 34.7 Å². The number of alkyl halides is 1. The fourth-order valence-electron chi connectivity index (χ4n) is 2.53. The lowest BCUT2D eigenvalue weighted by Gasteiger charge is -2.33. The van der Waals surface area contributed by atoms with Crippen molar-refractivity contribution in [3.05, 3.63) is 40.9 Å². The Morgan fingerprint density at radius 3 is 3.10 bits per heavy atom. The maximum absolute atomic E-state index is 5.84. The van der Waals surface area contributed by atoms with Gasteiger partial charge in [0.2, 0.25) is 0 Å². The average Bonchev–Trinajstić information content (AvgIpc) is 2.99. The number of thioether (sulfide) groups is 1. The third-order valence-electron chi connectivity index (χ3n) is 3.75. The van der Waals surface area contributed by atoms with E-state index in [1.807, 2.05) is 5.38 Å². The Kier molecular flexibility index (Phi) is 5.22. The van der Waals surface area contributed by atoms with Crippen molar-refractivity contribution in [1.82, 2.24) is 9.88 Å². The van der Waals surface area contributed by atoms with Crippen molar-refractivity contribution in [3.8, 4) is 10.6 Å². The molecule has 2 aromatic rings. The van der Waals surface area contributed by atoms with E-state index in [1.165, 1.54) is 29.2 Å². The minimum Gasteiger partial charge on any atom is -0.295 e. The predicted octanol–water partition coefficient (Wildman–Crippen LogP) is 4.49. The first-order valence-corrected chi connectivity index (χ1v) is 9.74. The Morgan fingerprint density at radius 2 is 2.33 bits per heavy atom. The topological polar surface area (TPSA) is 16.1 Å². The van der Waals surface area contributed by atoms with Crippen LogP contribution in [0.1, 0.15) is 18.2 Å². The summed E-state index contributed by atoms with van der Waals surface area (Å²) in [7, 11) is 0. The number of thiazole rings is 1. The molecule has 0 bridgehead atoms. The molecule has 0 aliphatic carbocycles. The maximum Gasteiger partial charge on any atom is 0.123 e. The molecule has 2 heterocycles. The minimum atomic E-state index is 0.485. The number of benzene rings is 1. The molecule has 1 saturated heterocycles. The number of rotatable bonds is 4. The van der Waals surface area contributed by atoms with Gasteiger partial charge in [-0.05, 0) is 18.6 Å². The molecule has 1 atom stereocenters. The van der Waals surface area contributed by atoms with Gasteiger partial charge in [0, 0.05) is 41.6 Å². The van der Waals surface area contributed by atoms with Crippen LogP contribution in [-0.2, 0) is 12.4 Å². The molecule has 1 aliphatic heterocycles. The molecule has 1 unspecified atom stereocenters. The molecule has 21 heavy (non-hydrogen) atoms. The van der Waals surface area contributed by atoms with Gasteiger partial charge >= 0.3 is 0 Å². The van der Waals surface area contributed by atoms with Crippen LogP contribution in [0, 0.1) is 0 Å². The summed E-state index contributed by atoms with van der Waals surface area (Å²) < 4.78 is 0. The van der Waals surface area contributed by atoms with E-state index < -0.39 is 0 Å². The first-order valence-electron chi connectivity index (χ1n) is 7.18. The van der Waals surface area contributed by atoms with Crippen LogP contribution < -0.4 is 0 Å². The fourth-order valence-corrected chi connectivity index (χ4v) is 4.66. The lowest BCUT2D eigenvalue weighted by Crippen LogP contribution is -2.39. The van der Waals surface area contributed by atoms with Crippen LogP contribution in [0.5, 0.6) is 0 Å². The summed E-state index contributed by atoms with van der Waals surface area (Å²) in [5.41, 5.74) is 3.53. The zero-order valence-corrected chi connectivity index (χ0v) is 14.5. The summed E-state index contributed by atoms with van der Waals surface area (Å²) in [4.78, 5) is 7.14. The second-order valence-electron chi connectivity index (χ2n) is 5.37. The quantitative estimate of drug-likeness (QED) is 0.764. The molecule has 1 aromatic carbocycles. The Balaban J connectivity index is 1.76. The van der Waals surface area contributed by atoms with Crippen LogP contribution in [-0.4, -0.2) is 34.0 Å². The van der Waals surface area contributed by atoms with Crippen LogP contribution in [0.15, 0.2) is 29.6 Å². The zero-order chi connectivity index (χ0) is 14.7. The van der Waals surface area contributed by atoms with E-state index >= 15 is 0 Å². The molecule has 1 fully saturated rings. The van der Waals surface area contributed by atoms with Gasteiger partial charge in [-0.15, -0.1) is 22.9 Å². The molecule has 3 rings (SSSR count). The second-order valence-corrected chi connectivity index (χ2v) is 7.65. The molecule has 1 aliphatic rings. The first kappa shape index (κ1) is 15.3. The number of halogens is 1. The van der Waals surface area contributed by atoms with Crippen molar-refractivity contribution in [2.75, 3.05) is 18.1 Å². The minimum absolute atomic E-state index is 0.485. The molecule has 1 aromatic heterocycles. The van der Waals surface area contributed by atoms with Gasteiger partial charge < -0.3 is 0 Å². The summed E-state index contributed by atoms with van der Waals surface area (Å²) in [6, 6.07) is 9.42. The van der Waals surface area contributed by atoms with Crippen LogP contribution in [0.4, 0.5) is 0 Å². The Labute approximate surface area is 139 Å². The smallest absolute Gasteiger partial charge is 0.123 e. The molecule has 0 radical (unpaired) electrons. The van der Waals surface area contributed by atoms with E-state index in [9.17, 15) is 0 Å². The number of nitrogens with zero attached hydrogens (tertiary/aromatic N) is 2. The monoisotopic (exact) mass is 338 g/mol. The molecule has 112 valence electrons. The standard InChI is InChI=1S/C16H19ClN2S2/c1-12-10-20-6-5-19(12)9-13-3-2-4-14(7-13)16-18-15(8-17)11-21-16/h2-4,7,11-12H,5-6,8-10H2,1H3. The SMILES string of the molecule is CC1CSCCN1Cc1cccc(-c2nc(CCl)cs2)c1. The summed E-state index contributed by atoms with van der Waals surface area (Å²) in [6.45, 7) is 4.54. The van der Waals surface area contributed by atoms with E-state index in [-0.39, 0.29) is 0 Å². The Morgan fingerprint density at radius 1 is 1.43 bits per heavy atom. The second kappa shape index (κ2) is 7.14. The van der Waals surface area contributed by atoms with E-state index in [0.717, 1.165) is 17.2 Å². The Bertz CT molecular complexity index is 599. The summed E-state index contributed by atoms with van der Waals surface area (Å²) >= 11 is 9.57. The molecule has 0 amide bonds. The summed E-state index contributed by atoms with van der Waals surface area (Å²) in [5.74, 6) is 2.97. The highest BCUT2D eigenvalue weighted by Gasteiger charge is 2.18. The van der Waals surface area contributed by atoms with Crippen molar-refractivity contribution in [2.45, 2.75) is 25.4 Å². The van der Waals surface area contributed by atoms with E-state index in [1.54, 1.807) is 11.3 Å². The predicted molar refractivity (Wildman–Crippen MR) is 94.3 cm³/mol. The van der Waals surface area contributed by atoms with Gasteiger partial charge in [-0.2, -0.15) is 11.8 Å². The number of hydrogen-bond donors (Lipinski definition) is 0. The van der Waals surface area contributed by atoms with Crippen LogP contribution in [0.25, 0.3) is 10.6 Å². The summed E-state index contributed by atoms with van der Waals surface area (Å²) in [5, 5.41) is 3.11. The lowest BCUT2D eigenvalue weighted by molar-refractivity contribution is 0.224. The fraction of sp³-hybridized carbons (Fsp3) is 0.438. The largest absolute Gasteiger partial charge is 0.295 e. The lowest BCUT2D eigenvalue weighted by atomic mass is 10.1. The molecule has 0 spiro atoms. The van der Waals surface area contributed by atoms with Gasteiger partial charge in [-0.1, -0.05) is 18.2 Å². The number of aromatic nitrogens is 1. The first-order chi connectivity index (χ1) is 10.3. The van der Waals surface area contributed by atoms with E-state index in [4.69, 9.17) is 11.6 Å². The van der Waals surface area contributed by atoms with Crippen molar-refractivity contribution in [2.24, 2.45) is 0 Å². The third kappa shape index (κ3) is 3.81. The maximum atomic E-state index is 5.84. The van der Waals surface area contributed by atoms with E-state index in [2.05, 4.69) is 52.8 Å². The molecule has 0 N–H and O–H groups in total. The van der Waals surface area contributed by atoms with Crippen molar-refractivity contribution < 1.29 is 0 Å². The number of hydrogen-bond acceptors (Lipinski definition) is 4. The van der Waals surface area contributed by atoms with E-state index in [0.29, 0.717) is 11.9 Å². The molecule has 0 saturated carbocycles. The van der Waals surface area contributed by atoms with Gasteiger partial charge in [0.1, 0.15) is 5.01 Å². The van der Waals surface area contributed by atoms with Gasteiger partial charge in [0.05, 0.1) is 11.6 Å².